The summed E-state index contributed by atoms with van der Waals surface area (Å²) >= 11 is 0. The van der Waals surface area contributed by atoms with E-state index in [0.29, 0.717) is 52.2 Å². The molecule has 0 unspecified atom stereocenters. The van der Waals surface area contributed by atoms with E-state index in [-0.39, 0.29) is 17.9 Å². The molecule has 1 fully saturated rings. The molecule has 0 bridgehead atoms. The van der Waals surface area contributed by atoms with Gasteiger partial charge in [-0.25, -0.2) is 4.79 Å². The van der Waals surface area contributed by atoms with Crippen molar-refractivity contribution >= 4 is 12.0 Å². The maximum absolute atomic E-state index is 13.1. The highest BCUT2D eigenvalue weighted by atomic mass is 16.6. The smallest absolute Gasteiger partial charge is 0.410 e. The van der Waals surface area contributed by atoms with Crippen molar-refractivity contribution < 1.29 is 23.8 Å². The quantitative estimate of drug-likeness (QED) is 0.769. The Bertz CT molecular complexity index is 735. The third-order valence-corrected chi connectivity index (χ3v) is 5.20. The molecule has 0 atom stereocenters. The molecule has 7 nitrogen and oxygen atoms in total. The molecule has 2 heterocycles. The fraction of sp³-hybridized carbons (Fsp3) is 0.636. The molecule has 7 heteroatoms. The number of fused-ring (bicyclic) bond motifs is 1. The largest absolute Gasteiger partial charge is 0.486 e. The van der Waals surface area contributed by atoms with E-state index in [1.165, 1.54) is 0 Å². The molecular formula is C22H32N2O5. The highest BCUT2D eigenvalue weighted by molar-refractivity contribution is 5.79. The van der Waals surface area contributed by atoms with Gasteiger partial charge in [0.15, 0.2) is 11.5 Å². The van der Waals surface area contributed by atoms with Crippen LogP contribution in [0.5, 0.6) is 11.5 Å². The van der Waals surface area contributed by atoms with Crippen molar-refractivity contribution in [3.8, 4) is 11.5 Å². The Morgan fingerprint density at radius 2 is 1.86 bits per heavy atom. The number of carbonyl (C=O) groups is 2. The fourth-order valence-electron chi connectivity index (χ4n) is 3.70. The number of hydrogen-bond acceptors (Lipinski definition) is 5. The van der Waals surface area contributed by atoms with Crippen molar-refractivity contribution in [1.82, 2.24) is 9.80 Å². The number of para-hydroxylation sites is 1. The van der Waals surface area contributed by atoms with E-state index in [2.05, 4.69) is 0 Å². The molecular weight excluding hydrogens is 372 g/mol. The van der Waals surface area contributed by atoms with Crippen LogP contribution in [0.25, 0.3) is 0 Å². The Morgan fingerprint density at radius 3 is 2.52 bits per heavy atom. The molecule has 0 saturated carbocycles. The normalized spacial score (nSPS) is 17.0. The van der Waals surface area contributed by atoms with Crippen LogP contribution in [-0.4, -0.2) is 60.2 Å². The van der Waals surface area contributed by atoms with Gasteiger partial charge in [-0.05, 0) is 46.6 Å². The van der Waals surface area contributed by atoms with Gasteiger partial charge in [0.2, 0.25) is 5.91 Å². The summed E-state index contributed by atoms with van der Waals surface area (Å²) in [5, 5.41) is 0. The summed E-state index contributed by atoms with van der Waals surface area (Å²) in [6, 6.07) is 5.80. The first-order chi connectivity index (χ1) is 13.8. The molecule has 1 aromatic rings. The monoisotopic (exact) mass is 404 g/mol. The second-order valence-electron chi connectivity index (χ2n) is 8.54. The molecule has 160 valence electrons. The molecule has 0 aliphatic carbocycles. The van der Waals surface area contributed by atoms with Crippen LogP contribution in [-0.2, 0) is 16.1 Å². The van der Waals surface area contributed by atoms with Crippen molar-refractivity contribution in [2.24, 2.45) is 5.92 Å². The van der Waals surface area contributed by atoms with Crippen LogP contribution in [0.15, 0.2) is 18.2 Å². The predicted octanol–water partition coefficient (Wildman–Crippen LogP) is 3.45. The second kappa shape index (κ2) is 8.93. The van der Waals surface area contributed by atoms with Gasteiger partial charge in [-0.15, -0.1) is 0 Å². The van der Waals surface area contributed by atoms with Crippen LogP contribution in [0.3, 0.4) is 0 Å². The minimum Gasteiger partial charge on any atom is -0.486 e. The zero-order valence-electron chi connectivity index (χ0n) is 17.9. The van der Waals surface area contributed by atoms with Gasteiger partial charge in [0.05, 0.1) is 0 Å². The summed E-state index contributed by atoms with van der Waals surface area (Å²) < 4.78 is 16.9. The summed E-state index contributed by atoms with van der Waals surface area (Å²) in [6.45, 7) is 10.8. The molecule has 0 spiro atoms. The van der Waals surface area contributed by atoms with Crippen LogP contribution in [0.4, 0.5) is 4.79 Å². The summed E-state index contributed by atoms with van der Waals surface area (Å²) in [4.78, 5) is 28.9. The van der Waals surface area contributed by atoms with Gasteiger partial charge in [0.1, 0.15) is 18.8 Å². The van der Waals surface area contributed by atoms with Crippen molar-refractivity contribution in [2.45, 2.75) is 52.7 Å². The van der Waals surface area contributed by atoms with Crippen molar-refractivity contribution in [2.75, 3.05) is 32.8 Å². The van der Waals surface area contributed by atoms with Gasteiger partial charge in [-0.2, -0.15) is 0 Å². The Morgan fingerprint density at radius 1 is 1.17 bits per heavy atom. The fourth-order valence-corrected chi connectivity index (χ4v) is 3.70. The maximum atomic E-state index is 13.1. The van der Waals surface area contributed by atoms with Gasteiger partial charge in [-0.3, -0.25) is 4.79 Å². The highest BCUT2D eigenvalue weighted by Crippen LogP contribution is 2.34. The highest BCUT2D eigenvalue weighted by Gasteiger charge is 2.32. The second-order valence-corrected chi connectivity index (χ2v) is 8.54. The average Bonchev–Trinajstić information content (AvgIpc) is 2.70. The summed E-state index contributed by atoms with van der Waals surface area (Å²) in [7, 11) is 0. The predicted molar refractivity (Wildman–Crippen MR) is 109 cm³/mol. The number of piperidine rings is 1. The Hall–Kier alpha value is -2.44. The van der Waals surface area contributed by atoms with Crippen LogP contribution < -0.4 is 9.47 Å². The third-order valence-electron chi connectivity index (χ3n) is 5.20. The van der Waals surface area contributed by atoms with Gasteiger partial charge in [0, 0.05) is 37.7 Å². The summed E-state index contributed by atoms with van der Waals surface area (Å²) in [5.41, 5.74) is 0.451. The summed E-state index contributed by atoms with van der Waals surface area (Å²) in [5.74, 6) is 1.53. The number of hydrogen-bond donors (Lipinski definition) is 0. The molecule has 29 heavy (non-hydrogen) atoms. The lowest BCUT2D eigenvalue weighted by Crippen LogP contribution is -2.45. The Labute approximate surface area is 172 Å². The molecule has 3 rings (SSSR count). The standard InChI is InChI=1S/C22H32N2O5/c1-5-23(15-17-7-6-8-18-19(17)28-14-13-27-18)20(25)16-9-11-24(12-10-16)21(26)29-22(2,3)4/h6-8,16H,5,9-15H2,1-4H3. The Balaban J connectivity index is 1.59. The van der Waals surface area contributed by atoms with Crippen LogP contribution in [0, 0.1) is 5.92 Å². The van der Waals surface area contributed by atoms with E-state index < -0.39 is 5.60 Å². The molecule has 1 aromatic carbocycles. The SMILES string of the molecule is CCN(Cc1cccc2c1OCCO2)C(=O)C1CCN(C(=O)OC(C)(C)C)CC1. The number of rotatable bonds is 4. The van der Waals surface area contributed by atoms with E-state index in [4.69, 9.17) is 14.2 Å². The number of benzene rings is 1. The number of likely N-dealkylation sites (tertiary alicyclic amines) is 1. The Kier molecular flexibility index (Phi) is 6.55. The zero-order valence-corrected chi connectivity index (χ0v) is 17.9. The minimum absolute atomic E-state index is 0.0784. The molecule has 0 N–H and O–H groups in total. The molecule has 0 aromatic heterocycles. The van der Waals surface area contributed by atoms with E-state index in [1.807, 2.05) is 50.8 Å². The number of carbonyl (C=O) groups excluding carboxylic acids is 2. The van der Waals surface area contributed by atoms with E-state index >= 15 is 0 Å². The topological polar surface area (TPSA) is 68.3 Å². The van der Waals surface area contributed by atoms with Crippen molar-refractivity contribution in [3.05, 3.63) is 23.8 Å². The number of ether oxygens (including phenoxy) is 3. The number of nitrogens with zero attached hydrogens (tertiary/aromatic N) is 2. The molecule has 0 radical (unpaired) electrons. The average molecular weight is 405 g/mol. The molecule has 2 aliphatic rings. The van der Waals surface area contributed by atoms with Gasteiger partial charge in [0.25, 0.3) is 0 Å². The zero-order chi connectivity index (χ0) is 21.0. The van der Waals surface area contributed by atoms with Crippen LogP contribution in [0.1, 0.15) is 46.1 Å². The maximum Gasteiger partial charge on any atom is 0.410 e. The lowest BCUT2D eigenvalue weighted by atomic mass is 9.95. The van der Waals surface area contributed by atoms with E-state index in [0.717, 1.165) is 17.1 Å². The minimum atomic E-state index is -0.511. The van der Waals surface area contributed by atoms with Gasteiger partial charge >= 0.3 is 6.09 Å². The van der Waals surface area contributed by atoms with Gasteiger partial charge < -0.3 is 24.0 Å². The van der Waals surface area contributed by atoms with E-state index in [1.54, 1.807) is 4.90 Å². The van der Waals surface area contributed by atoms with Crippen molar-refractivity contribution in [1.29, 1.82) is 0 Å². The lowest BCUT2D eigenvalue weighted by Gasteiger charge is -2.35. The first kappa shape index (κ1) is 21.3. The number of amides is 2. The van der Waals surface area contributed by atoms with Gasteiger partial charge in [-0.1, -0.05) is 12.1 Å². The first-order valence-electron chi connectivity index (χ1n) is 10.4. The van der Waals surface area contributed by atoms with Crippen LogP contribution >= 0.6 is 0 Å². The van der Waals surface area contributed by atoms with Crippen LogP contribution in [0.2, 0.25) is 0 Å². The molecule has 1 saturated heterocycles. The molecule has 2 amide bonds. The molecule has 2 aliphatic heterocycles. The van der Waals surface area contributed by atoms with Crippen molar-refractivity contribution in [3.63, 3.8) is 0 Å². The third kappa shape index (κ3) is 5.34. The summed E-state index contributed by atoms with van der Waals surface area (Å²) in [6.07, 6.45) is 1.01. The lowest BCUT2D eigenvalue weighted by molar-refractivity contribution is -0.137. The van der Waals surface area contributed by atoms with E-state index in [9.17, 15) is 9.59 Å². The first-order valence-corrected chi connectivity index (χ1v) is 10.4.